The van der Waals surface area contributed by atoms with Gasteiger partial charge in [0.05, 0.1) is 0 Å². The molecule has 4 atom stereocenters. The highest BCUT2D eigenvalue weighted by molar-refractivity contribution is 8.00. The molecule has 2 rings (SSSR count). The van der Waals surface area contributed by atoms with Crippen LogP contribution in [0, 0.1) is 17.3 Å². The fourth-order valence-corrected chi connectivity index (χ4v) is 5.21. The van der Waals surface area contributed by atoms with E-state index in [-0.39, 0.29) is 5.92 Å². The van der Waals surface area contributed by atoms with E-state index >= 15 is 0 Å². The number of hydrogen-bond donors (Lipinski definition) is 0. The van der Waals surface area contributed by atoms with Crippen LogP contribution >= 0.6 is 11.8 Å². The van der Waals surface area contributed by atoms with Gasteiger partial charge in [-0.15, -0.1) is 0 Å². The second-order valence-corrected chi connectivity index (χ2v) is 9.86. The van der Waals surface area contributed by atoms with Crippen molar-refractivity contribution in [1.29, 1.82) is 0 Å². The predicted octanol–water partition coefficient (Wildman–Crippen LogP) is 3.84. The lowest BCUT2D eigenvalue weighted by atomic mass is 9.68. The van der Waals surface area contributed by atoms with E-state index in [0.29, 0.717) is 27.6 Å². The van der Waals surface area contributed by atoms with Crippen molar-refractivity contribution in [3.63, 3.8) is 0 Å². The fourth-order valence-electron chi connectivity index (χ4n) is 3.82. The van der Waals surface area contributed by atoms with Gasteiger partial charge in [-0.25, -0.2) is 0 Å². The van der Waals surface area contributed by atoms with Crippen LogP contribution < -0.4 is 0 Å². The minimum Gasteiger partial charge on any atom is -0.300 e. The van der Waals surface area contributed by atoms with Crippen molar-refractivity contribution in [3.8, 4) is 0 Å². The summed E-state index contributed by atoms with van der Waals surface area (Å²) in [5.41, 5.74) is 0.345. The zero-order chi connectivity index (χ0) is 14.9. The van der Waals surface area contributed by atoms with E-state index in [1.165, 1.54) is 0 Å². The highest BCUT2D eigenvalue weighted by Gasteiger charge is 2.36. The SMILES string of the molecule is CC1CN(CC2CC(C(C)(C)C)CCC2=O)CC(C)S1. The molecule has 0 aromatic carbocycles. The van der Waals surface area contributed by atoms with Gasteiger partial charge in [0, 0.05) is 42.5 Å². The fraction of sp³-hybridized carbons (Fsp3) is 0.941. The Morgan fingerprint density at radius 1 is 1.20 bits per heavy atom. The van der Waals surface area contributed by atoms with Crippen molar-refractivity contribution in [2.75, 3.05) is 19.6 Å². The van der Waals surface area contributed by atoms with Gasteiger partial charge in [0.15, 0.2) is 0 Å². The number of carbonyl (C=O) groups is 1. The number of ketones is 1. The molecule has 2 nitrogen and oxygen atoms in total. The molecule has 0 N–H and O–H groups in total. The van der Waals surface area contributed by atoms with Crippen molar-refractivity contribution >= 4 is 17.5 Å². The van der Waals surface area contributed by atoms with E-state index < -0.39 is 0 Å². The van der Waals surface area contributed by atoms with Crippen LogP contribution in [-0.4, -0.2) is 40.8 Å². The average Bonchev–Trinajstić information content (AvgIpc) is 2.29. The summed E-state index contributed by atoms with van der Waals surface area (Å²) >= 11 is 2.09. The molecular formula is C17H31NOS. The lowest BCUT2D eigenvalue weighted by molar-refractivity contribution is -0.127. The van der Waals surface area contributed by atoms with Crippen molar-refractivity contribution in [1.82, 2.24) is 4.90 Å². The summed E-state index contributed by atoms with van der Waals surface area (Å²) in [4.78, 5) is 14.8. The molecule has 0 bridgehead atoms. The normalized spacial score (nSPS) is 37.1. The van der Waals surface area contributed by atoms with Crippen LogP contribution in [0.4, 0.5) is 0 Å². The van der Waals surface area contributed by atoms with E-state index in [0.717, 1.165) is 38.9 Å². The van der Waals surface area contributed by atoms with Gasteiger partial charge in [0.1, 0.15) is 5.78 Å². The lowest BCUT2D eigenvalue weighted by Crippen LogP contribution is -2.45. The first kappa shape index (κ1) is 16.4. The molecule has 1 aliphatic heterocycles. The Morgan fingerprint density at radius 3 is 2.35 bits per heavy atom. The summed E-state index contributed by atoms with van der Waals surface area (Å²) in [6, 6.07) is 0. The van der Waals surface area contributed by atoms with E-state index in [1.807, 2.05) is 0 Å². The topological polar surface area (TPSA) is 20.3 Å². The Hall–Kier alpha value is -0.0200. The molecule has 4 unspecified atom stereocenters. The zero-order valence-electron chi connectivity index (χ0n) is 13.8. The van der Waals surface area contributed by atoms with Crippen LogP contribution in [0.3, 0.4) is 0 Å². The third kappa shape index (κ3) is 4.24. The molecule has 0 aromatic heterocycles. The standard InChI is InChI=1S/C17H31NOS/c1-12-9-18(10-13(2)20-12)11-14-8-15(17(3,4)5)6-7-16(14)19/h12-15H,6-11H2,1-5H3. The van der Waals surface area contributed by atoms with E-state index in [2.05, 4.69) is 51.3 Å². The summed E-state index contributed by atoms with van der Waals surface area (Å²) in [5, 5.41) is 1.41. The Morgan fingerprint density at radius 2 is 1.80 bits per heavy atom. The van der Waals surface area contributed by atoms with E-state index in [1.54, 1.807) is 0 Å². The van der Waals surface area contributed by atoms with E-state index in [4.69, 9.17) is 0 Å². The van der Waals surface area contributed by atoms with Crippen LogP contribution in [0.15, 0.2) is 0 Å². The Labute approximate surface area is 129 Å². The smallest absolute Gasteiger partial charge is 0.137 e. The maximum Gasteiger partial charge on any atom is 0.137 e. The van der Waals surface area contributed by atoms with Gasteiger partial charge in [-0.2, -0.15) is 11.8 Å². The van der Waals surface area contributed by atoms with Crippen LogP contribution in [0.1, 0.15) is 53.9 Å². The average molecular weight is 298 g/mol. The summed E-state index contributed by atoms with van der Waals surface area (Å²) in [6.07, 6.45) is 3.01. The molecule has 0 radical (unpaired) electrons. The monoisotopic (exact) mass is 297 g/mol. The highest BCUT2D eigenvalue weighted by atomic mass is 32.2. The number of nitrogens with zero attached hydrogens (tertiary/aromatic N) is 1. The van der Waals surface area contributed by atoms with Gasteiger partial charge in [-0.1, -0.05) is 34.6 Å². The third-order valence-electron chi connectivity index (χ3n) is 4.96. The van der Waals surface area contributed by atoms with Gasteiger partial charge in [0.25, 0.3) is 0 Å². The number of hydrogen-bond acceptors (Lipinski definition) is 3. The number of carbonyl (C=O) groups excluding carboxylic acids is 1. The lowest BCUT2D eigenvalue weighted by Gasteiger charge is -2.41. The maximum atomic E-state index is 12.3. The summed E-state index contributed by atoms with van der Waals surface area (Å²) in [6.45, 7) is 14.9. The molecule has 1 heterocycles. The van der Waals surface area contributed by atoms with E-state index in [9.17, 15) is 4.79 Å². The minimum atomic E-state index is 0.287. The first-order valence-electron chi connectivity index (χ1n) is 8.16. The molecule has 3 heteroatoms. The zero-order valence-corrected chi connectivity index (χ0v) is 14.6. The second-order valence-electron chi connectivity index (χ2n) is 7.98. The first-order chi connectivity index (χ1) is 9.25. The molecule has 0 spiro atoms. The van der Waals surface area contributed by atoms with Gasteiger partial charge in [-0.3, -0.25) is 4.79 Å². The largest absolute Gasteiger partial charge is 0.300 e. The maximum absolute atomic E-state index is 12.3. The Kier molecular flexibility index (Phi) is 5.23. The second kappa shape index (κ2) is 6.39. The Balaban J connectivity index is 1.94. The summed E-state index contributed by atoms with van der Waals surface area (Å²) in [7, 11) is 0. The summed E-state index contributed by atoms with van der Waals surface area (Å²) < 4.78 is 0. The molecule has 0 aromatic rings. The number of thioether (sulfide) groups is 1. The predicted molar refractivity (Wildman–Crippen MR) is 88.2 cm³/mol. The third-order valence-corrected chi connectivity index (χ3v) is 6.19. The van der Waals surface area contributed by atoms with Gasteiger partial charge in [0.2, 0.25) is 0 Å². The Bertz CT molecular complexity index is 339. The molecule has 2 fully saturated rings. The molecule has 2 aliphatic rings. The quantitative estimate of drug-likeness (QED) is 0.772. The van der Waals surface area contributed by atoms with Gasteiger partial charge in [-0.05, 0) is 24.2 Å². The summed E-state index contributed by atoms with van der Waals surface area (Å²) in [5.74, 6) is 1.51. The molecule has 1 saturated carbocycles. The molecule has 1 saturated heterocycles. The van der Waals surface area contributed by atoms with Crippen LogP contribution in [0.25, 0.3) is 0 Å². The van der Waals surface area contributed by atoms with Crippen molar-refractivity contribution < 1.29 is 4.79 Å². The highest BCUT2D eigenvalue weighted by Crippen LogP contribution is 2.39. The minimum absolute atomic E-state index is 0.287. The first-order valence-corrected chi connectivity index (χ1v) is 9.10. The molecule has 0 amide bonds. The van der Waals surface area contributed by atoms with Crippen LogP contribution in [-0.2, 0) is 4.79 Å². The molecule has 1 aliphatic carbocycles. The van der Waals surface area contributed by atoms with Crippen molar-refractivity contribution in [3.05, 3.63) is 0 Å². The van der Waals surface area contributed by atoms with Gasteiger partial charge >= 0.3 is 0 Å². The van der Waals surface area contributed by atoms with Crippen LogP contribution in [0.2, 0.25) is 0 Å². The van der Waals surface area contributed by atoms with Gasteiger partial charge < -0.3 is 4.90 Å². The number of Topliss-reactive ketones (excluding diaryl/α,β-unsaturated/α-hetero) is 1. The van der Waals surface area contributed by atoms with Crippen molar-refractivity contribution in [2.45, 2.75) is 64.4 Å². The molecule has 20 heavy (non-hydrogen) atoms. The molecule has 116 valence electrons. The van der Waals surface area contributed by atoms with Crippen molar-refractivity contribution in [2.24, 2.45) is 17.3 Å². The molecular weight excluding hydrogens is 266 g/mol. The number of rotatable bonds is 2. The van der Waals surface area contributed by atoms with Crippen LogP contribution in [0.5, 0.6) is 0 Å².